The van der Waals surface area contributed by atoms with Gasteiger partial charge in [-0.3, -0.25) is 9.69 Å². The van der Waals surface area contributed by atoms with Crippen molar-refractivity contribution < 1.29 is 4.79 Å². The molecule has 0 radical (unpaired) electrons. The molecule has 3 N–H and O–H groups in total. The summed E-state index contributed by atoms with van der Waals surface area (Å²) in [6.45, 7) is 6.15. The molecule has 0 heterocycles. The van der Waals surface area contributed by atoms with Crippen LogP contribution in [0.3, 0.4) is 0 Å². The van der Waals surface area contributed by atoms with E-state index in [2.05, 4.69) is 17.1 Å². The Morgan fingerprint density at radius 1 is 1.44 bits per heavy atom. The minimum Gasteiger partial charge on any atom is -0.355 e. The Morgan fingerprint density at radius 3 is 2.75 bits per heavy atom. The fourth-order valence-corrected chi connectivity index (χ4v) is 1.74. The van der Waals surface area contributed by atoms with E-state index in [1.807, 2.05) is 0 Å². The summed E-state index contributed by atoms with van der Waals surface area (Å²) in [5, 5.41) is 3.00. The Labute approximate surface area is 98.6 Å². The number of nitrogens with two attached hydrogens (primary N) is 1. The van der Waals surface area contributed by atoms with Crippen LogP contribution in [0.4, 0.5) is 0 Å². The van der Waals surface area contributed by atoms with Crippen LogP contribution in [0.25, 0.3) is 0 Å². The summed E-state index contributed by atoms with van der Waals surface area (Å²) in [6.07, 6.45) is 4.62. The molecule has 1 amide bonds. The highest BCUT2D eigenvalue weighted by Gasteiger charge is 2.21. The maximum absolute atomic E-state index is 11.6. The van der Waals surface area contributed by atoms with E-state index in [0.717, 1.165) is 38.4 Å². The summed E-state index contributed by atoms with van der Waals surface area (Å²) in [5.41, 5.74) is 5.48. The van der Waals surface area contributed by atoms with Gasteiger partial charge in [-0.05, 0) is 51.2 Å². The zero-order chi connectivity index (χ0) is 11.8. The minimum absolute atomic E-state index is 0.164. The monoisotopic (exact) mass is 227 g/mol. The Hall–Kier alpha value is -0.610. The van der Waals surface area contributed by atoms with Gasteiger partial charge < -0.3 is 11.1 Å². The lowest BCUT2D eigenvalue weighted by Gasteiger charge is -2.20. The zero-order valence-corrected chi connectivity index (χ0v) is 10.4. The smallest absolute Gasteiger partial charge is 0.234 e. The van der Waals surface area contributed by atoms with Gasteiger partial charge in [-0.15, -0.1) is 0 Å². The number of rotatable bonds is 9. The molecule has 1 aliphatic carbocycles. The summed E-state index contributed by atoms with van der Waals surface area (Å²) in [5.74, 6) is 0.921. The summed E-state index contributed by atoms with van der Waals surface area (Å²) >= 11 is 0. The summed E-state index contributed by atoms with van der Waals surface area (Å²) in [4.78, 5) is 13.8. The van der Waals surface area contributed by atoms with Gasteiger partial charge in [0.2, 0.25) is 5.91 Å². The summed E-state index contributed by atoms with van der Waals surface area (Å²) in [6, 6.07) is 0. The molecule has 4 nitrogen and oxygen atoms in total. The molecule has 1 saturated carbocycles. The molecule has 0 atom stereocenters. The second-order valence-electron chi connectivity index (χ2n) is 4.67. The fourth-order valence-electron chi connectivity index (χ4n) is 1.74. The minimum atomic E-state index is 0.164. The molecule has 0 aliphatic heterocycles. The Bertz CT molecular complexity index is 204. The molecule has 0 aromatic rings. The fraction of sp³-hybridized carbons (Fsp3) is 0.917. The third kappa shape index (κ3) is 6.08. The topological polar surface area (TPSA) is 58.4 Å². The van der Waals surface area contributed by atoms with E-state index < -0.39 is 0 Å². The highest BCUT2D eigenvalue weighted by molar-refractivity contribution is 5.78. The van der Waals surface area contributed by atoms with E-state index in [-0.39, 0.29) is 5.91 Å². The van der Waals surface area contributed by atoms with Crippen molar-refractivity contribution in [3.05, 3.63) is 0 Å². The van der Waals surface area contributed by atoms with E-state index >= 15 is 0 Å². The van der Waals surface area contributed by atoms with Gasteiger partial charge in [0.05, 0.1) is 6.54 Å². The molecule has 4 heteroatoms. The number of hydrogen-bond donors (Lipinski definition) is 2. The molecule has 0 aromatic heterocycles. The van der Waals surface area contributed by atoms with Crippen molar-refractivity contribution in [1.82, 2.24) is 10.2 Å². The molecular weight excluding hydrogens is 202 g/mol. The first-order valence-corrected chi connectivity index (χ1v) is 6.45. The predicted molar refractivity (Wildman–Crippen MR) is 66.1 cm³/mol. The molecule has 0 saturated heterocycles. The quantitative estimate of drug-likeness (QED) is 0.605. The number of nitrogens with zero attached hydrogens (tertiary/aromatic N) is 1. The van der Waals surface area contributed by atoms with Crippen molar-refractivity contribution in [1.29, 1.82) is 0 Å². The predicted octanol–water partition coefficient (Wildman–Crippen LogP) is 0.573. The molecule has 0 bridgehead atoms. The van der Waals surface area contributed by atoms with Crippen molar-refractivity contribution in [3.8, 4) is 0 Å². The first kappa shape index (κ1) is 13.5. The van der Waals surface area contributed by atoms with Crippen LogP contribution in [0.5, 0.6) is 0 Å². The number of carbonyl (C=O) groups is 1. The van der Waals surface area contributed by atoms with Crippen LogP contribution < -0.4 is 11.1 Å². The van der Waals surface area contributed by atoms with Crippen molar-refractivity contribution in [3.63, 3.8) is 0 Å². The Balaban J connectivity index is 2.13. The Kier molecular flexibility index (Phi) is 6.42. The second kappa shape index (κ2) is 7.63. The largest absolute Gasteiger partial charge is 0.355 e. The number of amides is 1. The molecule has 0 aromatic carbocycles. The molecule has 0 unspecified atom stereocenters. The average molecular weight is 227 g/mol. The average Bonchev–Trinajstić information content (AvgIpc) is 3.07. The van der Waals surface area contributed by atoms with Gasteiger partial charge in [-0.1, -0.05) is 6.92 Å². The highest BCUT2D eigenvalue weighted by Crippen LogP contribution is 2.27. The van der Waals surface area contributed by atoms with Crippen LogP contribution in [-0.4, -0.2) is 43.5 Å². The SMILES string of the molecule is CCCN(CCCN)CC(=O)NCC1CC1. The van der Waals surface area contributed by atoms with Crippen molar-refractivity contribution >= 4 is 5.91 Å². The molecule has 16 heavy (non-hydrogen) atoms. The van der Waals surface area contributed by atoms with E-state index in [4.69, 9.17) is 5.73 Å². The van der Waals surface area contributed by atoms with Crippen LogP contribution in [0.1, 0.15) is 32.6 Å². The summed E-state index contributed by atoms with van der Waals surface area (Å²) < 4.78 is 0. The lowest BCUT2D eigenvalue weighted by molar-refractivity contribution is -0.122. The molecular formula is C12H25N3O. The van der Waals surface area contributed by atoms with Gasteiger partial charge in [-0.25, -0.2) is 0 Å². The zero-order valence-electron chi connectivity index (χ0n) is 10.4. The van der Waals surface area contributed by atoms with Crippen LogP contribution in [0, 0.1) is 5.92 Å². The van der Waals surface area contributed by atoms with Gasteiger partial charge in [-0.2, -0.15) is 0 Å². The van der Waals surface area contributed by atoms with E-state index in [1.165, 1.54) is 12.8 Å². The number of hydrogen-bond acceptors (Lipinski definition) is 3. The Morgan fingerprint density at radius 2 is 2.19 bits per heavy atom. The van der Waals surface area contributed by atoms with Gasteiger partial charge in [0.15, 0.2) is 0 Å². The second-order valence-corrected chi connectivity index (χ2v) is 4.67. The van der Waals surface area contributed by atoms with Crippen molar-refractivity contribution in [2.45, 2.75) is 32.6 Å². The van der Waals surface area contributed by atoms with Gasteiger partial charge in [0, 0.05) is 6.54 Å². The number of carbonyl (C=O) groups excluding carboxylic acids is 1. The van der Waals surface area contributed by atoms with Crippen LogP contribution >= 0.6 is 0 Å². The third-order valence-corrected chi connectivity index (χ3v) is 2.87. The molecule has 1 fully saturated rings. The first-order chi connectivity index (χ1) is 7.76. The van der Waals surface area contributed by atoms with Gasteiger partial charge in [0.25, 0.3) is 0 Å². The maximum Gasteiger partial charge on any atom is 0.234 e. The van der Waals surface area contributed by atoms with Crippen LogP contribution in [0.2, 0.25) is 0 Å². The molecule has 94 valence electrons. The summed E-state index contributed by atoms with van der Waals surface area (Å²) in [7, 11) is 0. The highest BCUT2D eigenvalue weighted by atomic mass is 16.2. The first-order valence-electron chi connectivity index (χ1n) is 6.45. The van der Waals surface area contributed by atoms with Crippen molar-refractivity contribution in [2.24, 2.45) is 11.7 Å². The maximum atomic E-state index is 11.6. The van der Waals surface area contributed by atoms with Gasteiger partial charge >= 0.3 is 0 Å². The molecule has 1 rings (SSSR count). The normalized spacial score (nSPS) is 15.4. The van der Waals surface area contributed by atoms with Gasteiger partial charge in [0.1, 0.15) is 0 Å². The molecule has 0 spiro atoms. The van der Waals surface area contributed by atoms with E-state index in [0.29, 0.717) is 13.1 Å². The lowest BCUT2D eigenvalue weighted by Crippen LogP contribution is -2.39. The van der Waals surface area contributed by atoms with Crippen LogP contribution in [0.15, 0.2) is 0 Å². The molecule has 1 aliphatic rings. The number of nitrogens with one attached hydrogen (secondary N) is 1. The third-order valence-electron chi connectivity index (χ3n) is 2.87. The lowest BCUT2D eigenvalue weighted by atomic mass is 10.3. The van der Waals surface area contributed by atoms with E-state index in [9.17, 15) is 4.79 Å². The van der Waals surface area contributed by atoms with Crippen molar-refractivity contribution in [2.75, 3.05) is 32.7 Å². The van der Waals surface area contributed by atoms with Crippen LogP contribution in [-0.2, 0) is 4.79 Å². The van der Waals surface area contributed by atoms with E-state index in [1.54, 1.807) is 0 Å². The standard InChI is InChI=1S/C12H25N3O/c1-2-7-15(8-3-6-13)10-12(16)14-9-11-4-5-11/h11H,2-10,13H2,1H3,(H,14,16).